The number of piperidine rings is 1. The number of anilines is 1. The molecule has 0 atom stereocenters. The van der Waals surface area contributed by atoms with Gasteiger partial charge in [-0.1, -0.05) is 5.16 Å². The summed E-state index contributed by atoms with van der Waals surface area (Å²) in [7, 11) is -3.69. The van der Waals surface area contributed by atoms with E-state index in [0.29, 0.717) is 35.1 Å². The number of thiazole rings is 1. The Kier molecular flexibility index (Phi) is 5.28. The lowest BCUT2D eigenvalue weighted by atomic mass is 9.97. The van der Waals surface area contributed by atoms with Crippen molar-refractivity contribution in [3.05, 3.63) is 35.2 Å². The highest BCUT2D eigenvalue weighted by atomic mass is 32.2. The number of nitrogens with one attached hydrogen (secondary N) is 1. The normalized spacial score (nSPS) is 16.2. The van der Waals surface area contributed by atoms with Gasteiger partial charge in [-0.05, 0) is 38.8 Å². The van der Waals surface area contributed by atoms with E-state index < -0.39 is 10.0 Å². The zero-order valence-corrected chi connectivity index (χ0v) is 17.5. The van der Waals surface area contributed by atoms with Crippen molar-refractivity contribution in [2.75, 3.05) is 18.4 Å². The number of rotatable bonds is 5. The van der Waals surface area contributed by atoms with Gasteiger partial charge in [0.25, 0.3) is 0 Å². The molecule has 1 N–H and O–H groups in total. The standard InChI is InChI=1S/C18H20N4O5S2/c1-11-16(12(2)27-21-11)29(24,25)22-7-5-13(6-8-22)17(23)20-18-19-14(10-28-18)15-4-3-9-26-15/h3-4,9-10,13H,5-8H2,1-2H3,(H,19,20,23). The summed E-state index contributed by atoms with van der Waals surface area (Å²) < 4.78 is 37.5. The Balaban J connectivity index is 1.38. The third-order valence-corrected chi connectivity index (χ3v) is 7.80. The van der Waals surface area contributed by atoms with Gasteiger partial charge in [0.05, 0.1) is 6.26 Å². The molecule has 154 valence electrons. The third kappa shape index (κ3) is 3.85. The molecule has 4 heterocycles. The van der Waals surface area contributed by atoms with Crippen molar-refractivity contribution in [2.24, 2.45) is 5.92 Å². The molecule has 0 aromatic carbocycles. The van der Waals surface area contributed by atoms with Gasteiger partial charge in [0.15, 0.2) is 16.7 Å². The third-order valence-electron chi connectivity index (χ3n) is 4.90. The average molecular weight is 437 g/mol. The van der Waals surface area contributed by atoms with Crippen molar-refractivity contribution in [1.29, 1.82) is 0 Å². The first kappa shape index (κ1) is 19.8. The maximum atomic E-state index is 12.9. The van der Waals surface area contributed by atoms with E-state index in [0.717, 1.165) is 0 Å². The number of furan rings is 1. The zero-order chi connectivity index (χ0) is 20.6. The molecule has 0 radical (unpaired) electrons. The molecule has 0 saturated carbocycles. The Labute approximate surface area is 171 Å². The number of carbonyl (C=O) groups is 1. The van der Waals surface area contributed by atoms with Crippen LogP contribution in [0.4, 0.5) is 5.13 Å². The highest BCUT2D eigenvalue weighted by Gasteiger charge is 2.35. The van der Waals surface area contributed by atoms with Gasteiger partial charge in [-0.15, -0.1) is 11.3 Å². The average Bonchev–Trinajstić information content (AvgIpc) is 3.43. The van der Waals surface area contributed by atoms with E-state index in [1.165, 1.54) is 15.6 Å². The summed E-state index contributed by atoms with van der Waals surface area (Å²) in [5.41, 5.74) is 1.01. The molecule has 0 spiro atoms. The largest absolute Gasteiger partial charge is 0.463 e. The number of aromatic nitrogens is 2. The molecule has 1 fully saturated rings. The second kappa shape index (κ2) is 7.73. The number of hydrogen-bond donors (Lipinski definition) is 1. The Morgan fingerprint density at radius 3 is 2.69 bits per heavy atom. The van der Waals surface area contributed by atoms with Gasteiger partial charge < -0.3 is 14.3 Å². The van der Waals surface area contributed by atoms with E-state index in [2.05, 4.69) is 15.5 Å². The fraction of sp³-hybridized carbons (Fsp3) is 0.389. The Hall–Kier alpha value is -2.50. The van der Waals surface area contributed by atoms with Gasteiger partial charge in [0.2, 0.25) is 15.9 Å². The van der Waals surface area contributed by atoms with Crippen LogP contribution < -0.4 is 5.32 Å². The van der Waals surface area contributed by atoms with Crippen molar-refractivity contribution in [3.8, 4) is 11.5 Å². The molecule has 0 bridgehead atoms. The smallest absolute Gasteiger partial charge is 0.248 e. The van der Waals surface area contributed by atoms with Crippen LogP contribution in [0.5, 0.6) is 0 Å². The molecule has 3 aromatic heterocycles. The first-order valence-electron chi connectivity index (χ1n) is 9.09. The fourth-order valence-corrected chi connectivity index (χ4v) is 5.87. The molecule has 9 nitrogen and oxygen atoms in total. The maximum Gasteiger partial charge on any atom is 0.248 e. The molecule has 1 aliphatic rings. The summed E-state index contributed by atoms with van der Waals surface area (Å²) in [5, 5.41) is 8.86. The van der Waals surface area contributed by atoms with Crippen molar-refractivity contribution in [3.63, 3.8) is 0 Å². The molecule has 1 aliphatic heterocycles. The van der Waals surface area contributed by atoms with Gasteiger partial charge >= 0.3 is 0 Å². The van der Waals surface area contributed by atoms with Crippen molar-refractivity contribution in [1.82, 2.24) is 14.4 Å². The van der Waals surface area contributed by atoms with Crippen molar-refractivity contribution < 1.29 is 22.2 Å². The van der Waals surface area contributed by atoms with Crippen LogP contribution in [0.25, 0.3) is 11.5 Å². The molecular weight excluding hydrogens is 416 g/mol. The summed E-state index contributed by atoms with van der Waals surface area (Å²) in [6.45, 7) is 3.71. The van der Waals surface area contributed by atoms with Crippen LogP contribution in [0.2, 0.25) is 0 Å². The minimum atomic E-state index is -3.69. The minimum Gasteiger partial charge on any atom is -0.463 e. The summed E-state index contributed by atoms with van der Waals surface area (Å²) in [5.74, 6) is 0.486. The van der Waals surface area contributed by atoms with Crippen LogP contribution in [-0.2, 0) is 14.8 Å². The second-order valence-corrected chi connectivity index (χ2v) is 9.57. The van der Waals surface area contributed by atoms with E-state index in [9.17, 15) is 13.2 Å². The van der Waals surface area contributed by atoms with E-state index >= 15 is 0 Å². The molecule has 3 aromatic rings. The lowest BCUT2D eigenvalue weighted by Gasteiger charge is -2.30. The van der Waals surface area contributed by atoms with E-state index in [-0.39, 0.29) is 35.6 Å². The van der Waals surface area contributed by atoms with Crippen LogP contribution in [0, 0.1) is 19.8 Å². The van der Waals surface area contributed by atoms with Crippen LogP contribution in [0.1, 0.15) is 24.3 Å². The second-order valence-electron chi connectivity index (χ2n) is 6.84. The molecule has 1 amide bonds. The first-order valence-corrected chi connectivity index (χ1v) is 11.4. The minimum absolute atomic E-state index is 0.119. The van der Waals surface area contributed by atoms with Gasteiger partial charge in [-0.2, -0.15) is 4.31 Å². The number of carbonyl (C=O) groups excluding carboxylic acids is 1. The lowest BCUT2D eigenvalue weighted by Crippen LogP contribution is -2.41. The first-order chi connectivity index (χ1) is 13.9. The topological polar surface area (TPSA) is 119 Å². The quantitative estimate of drug-likeness (QED) is 0.653. The fourth-order valence-electron chi connectivity index (χ4n) is 3.41. The van der Waals surface area contributed by atoms with Crippen molar-refractivity contribution >= 4 is 32.4 Å². The van der Waals surface area contributed by atoms with E-state index in [4.69, 9.17) is 8.94 Å². The van der Waals surface area contributed by atoms with Crippen LogP contribution >= 0.6 is 11.3 Å². The monoisotopic (exact) mass is 436 g/mol. The van der Waals surface area contributed by atoms with Crippen LogP contribution in [0.3, 0.4) is 0 Å². The highest BCUT2D eigenvalue weighted by molar-refractivity contribution is 7.89. The maximum absolute atomic E-state index is 12.9. The van der Waals surface area contributed by atoms with E-state index in [1.807, 2.05) is 5.38 Å². The number of hydrogen-bond acceptors (Lipinski definition) is 8. The highest BCUT2D eigenvalue weighted by Crippen LogP contribution is 2.29. The zero-order valence-electron chi connectivity index (χ0n) is 15.9. The number of nitrogens with zero attached hydrogens (tertiary/aromatic N) is 3. The van der Waals surface area contributed by atoms with Gasteiger partial charge in [0.1, 0.15) is 16.3 Å². The Bertz CT molecular complexity index is 1090. The van der Waals surface area contributed by atoms with Crippen LogP contribution in [-0.4, -0.2) is 41.9 Å². The molecule has 0 aliphatic carbocycles. The number of amides is 1. The number of sulfonamides is 1. The van der Waals surface area contributed by atoms with Gasteiger partial charge in [-0.25, -0.2) is 13.4 Å². The van der Waals surface area contributed by atoms with E-state index in [1.54, 1.807) is 32.2 Å². The summed E-state index contributed by atoms with van der Waals surface area (Å²) in [6, 6.07) is 3.58. The molecule has 1 saturated heterocycles. The molecule has 0 unspecified atom stereocenters. The molecule has 11 heteroatoms. The number of aryl methyl sites for hydroxylation is 2. The van der Waals surface area contributed by atoms with Crippen molar-refractivity contribution in [2.45, 2.75) is 31.6 Å². The van der Waals surface area contributed by atoms with Crippen LogP contribution in [0.15, 0.2) is 37.6 Å². The summed E-state index contributed by atoms with van der Waals surface area (Å²) >= 11 is 1.32. The molecule has 4 rings (SSSR count). The Morgan fingerprint density at radius 1 is 1.31 bits per heavy atom. The lowest BCUT2D eigenvalue weighted by molar-refractivity contribution is -0.120. The predicted octanol–water partition coefficient (Wildman–Crippen LogP) is 3.05. The SMILES string of the molecule is Cc1noc(C)c1S(=O)(=O)N1CCC(C(=O)Nc2nc(-c3ccco3)cs2)CC1. The summed E-state index contributed by atoms with van der Waals surface area (Å²) in [6.07, 6.45) is 2.44. The predicted molar refractivity (Wildman–Crippen MR) is 106 cm³/mol. The van der Waals surface area contributed by atoms with Gasteiger partial charge in [0, 0.05) is 24.4 Å². The molecular formula is C18H20N4O5S2. The Morgan fingerprint density at radius 2 is 2.07 bits per heavy atom. The van der Waals surface area contributed by atoms with Gasteiger partial charge in [-0.3, -0.25) is 4.79 Å². The molecule has 29 heavy (non-hydrogen) atoms. The summed E-state index contributed by atoms with van der Waals surface area (Å²) in [4.78, 5) is 17.1.